The number of amides is 2. The first-order valence-electron chi connectivity index (χ1n) is 8.74. The quantitative estimate of drug-likeness (QED) is 0.799. The number of likely N-dealkylation sites (tertiary alicyclic amines) is 2. The first-order chi connectivity index (χ1) is 10.2. The van der Waals surface area contributed by atoms with E-state index in [2.05, 4.69) is 0 Å². The molecule has 0 spiro atoms. The third kappa shape index (κ3) is 3.41. The van der Waals surface area contributed by atoms with E-state index in [1.807, 2.05) is 9.80 Å². The predicted molar refractivity (Wildman–Crippen MR) is 81.8 cm³/mol. The average molecular weight is 292 g/mol. The molecule has 4 nitrogen and oxygen atoms in total. The first-order valence-corrected chi connectivity index (χ1v) is 8.74. The van der Waals surface area contributed by atoms with Crippen molar-refractivity contribution in [1.29, 1.82) is 0 Å². The van der Waals surface area contributed by atoms with Crippen LogP contribution in [0.2, 0.25) is 0 Å². The summed E-state index contributed by atoms with van der Waals surface area (Å²) in [6.07, 6.45) is 10.3. The zero-order valence-corrected chi connectivity index (χ0v) is 13.1. The van der Waals surface area contributed by atoms with Crippen molar-refractivity contribution in [3.63, 3.8) is 0 Å². The fourth-order valence-electron chi connectivity index (χ4n) is 4.34. The Balaban J connectivity index is 1.61. The number of hydrogen-bond donors (Lipinski definition) is 0. The van der Waals surface area contributed by atoms with Crippen LogP contribution in [0.25, 0.3) is 0 Å². The molecule has 3 fully saturated rings. The van der Waals surface area contributed by atoms with E-state index in [1.54, 1.807) is 0 Å². The largest absolute Gasteiger partial charge is 0.343 e. The van der Waals surface area contributed by atoms with Crippen molar-refractivity contribution >= 4 is 11.8 Å². The van der Waals surface area contributed by atoms with E-state index < -0.39 is 0 Å². The van der Waals surface area contributed by atoms with Crippen LogP contribution in [0.1, 0.15) is 64.2 Å². The number of hydrogen-bond acceptors (Lipinski definition) is 2. The van der Waals surface area contributed by atoms with E-state index >= 15 is 0 Å². The van der Waals surface area contributed by atoms with Crippen LogP contribution in [-0.2, 0) is 9.59 Å². The van der Waals surface area contributed by atoms with Gasteiger partial charge in [-0.1, -0.05) is 12.8 Å². The molecule has 3 rings (SSSR count). The standard InChI is InChI=1S/C17H28N2O2/c20-15(18-9-3-4-10-18)13-17(7-1-2-8-17)14-16(21)19-11-5-6-12-19/h1-14H2. The molecule has 2 amide bonds. The first kappa shape index (κ1) is 14.9. The van der Waals surface area contributed by atoms with Gasteiger partial charge < -0.3 is 9.80 Å². The van der Waals surface area contributed by atoms with E-state index in [1.165, 1.54) is 12.8 Å². The number of carbonyl (C=O) groups excluding carboxylic acids is 2. The minimum absolute atomic E-state index is 0.0284. The zero-order valence-electron chi connectivity index (χ0n) is 13.1. The maximum atomic E-state index is 12.5. The predicted octanol–water partition coefficient (Wildman–Crippen LogP) is 2.57. The summed E-state index contributed by atoms with van der Waals surface area (Å²) < 4.78 is 0. The fraction of sp³-hybridized carbons (Fsp3) is 0.882. The summed E-state index contributed by atoms with van der Waals surface area (Å²) in [7, 11) is 0. The Morgan fingerprint density at radius 1 is 0.667 bits per heavy atom. The van der Waals surface area contributed by atoms with Crippen LogP contribution >= 0.6 is 0 Å². The van der Waals surface area contributed by atoms with Crippen molar-refractivity contribution in [3.05, 3.63) is 0 Å². The molecular weight excluding hydrogens is 264 g/mol. The van der Waals surface area contributed by atoms with Crippen LogP contribution in [0, 0.1) is 5.41 Å². The highest BCUT2D eigenvalue weighted by Crippen LogP contribution is 2.45. The second-order valence-corrected chi connectivity index (χ2v) is 7.24. The van der Waals surface area contributed by atoms with Crippen molar-refractivity contribution in [2.45, 2.75) is 64.2 Å². The normalized spacial score (nSPS) is 24.8. The molecule has 2 aliphatic heterocycles. The molecule has 4 heteroatoms. The zero-order chi connectivity index (χ0) is 14.7. The van der Waals surface area contributed by atoms with Crippen molar-refractivity contribution in [2.24, 2.45) is 5.41 Å². The van der Waals surface area contributed by atoms with Crippen molar-refractivity contribution < 1.29 is 9.59 Å². The molecule has 0 aromatic heterocycles. The monoisotopic (exact) mass is 292 g/mol. The van der Waals surface area contributed by atoms with Crippen LogP contribution in [0.4, 0.5) is 0 Å². The Hall–Kier alpha value is -1.06. The van der Waals surface area contributed by atoms with Crippen LogP contribution in [0.15, 0.2) is 0 Å². The van der Waals surface area contributed by atoms with Gasteiger partial charge in [0.2, 0.25) is 11.8 Å². The van der Waals surface area contributed by atoms with Gasteiger partial charge in [0.25, 0.3) is 0 Å². The summed E-state index contributed by atoms with van der Waals surface area (Å²) >= 11 is 0. The average Bonchev–Trinajstić information content (AvgIpc) is 3.22. The highest BCUT2D eigenvalue weighted by molar-refractivity contribution is 5.81. The molecule has 0 unspecified atom stereocenters. The lowest BCUT2D eigenvalue weighted by Crippen LogP contribution is -2.37. The SMILES string of the molecule is O=C(CC1(CC(=O)N2CCCC2)CCCC1)N1CCCC1. The molecule has 0 radical (unpaired) electrons. The highest BCUT2D eigenvalue weighted by atomic mass is 16.2. The van der Waals surface area contributed by atoms with Gasteiger partial charge in [-0.05, 0) is 43.9 Å². The van der Waals surface area contributed by atoms with E-state index in [0.29, 0.717) is 24.7 Å². The summed E-state index contributed by atoms with van der Waals surface area (Å²) in [5.41, 5.74) is -0.0284. The van der Waals surface area contributed by atoms with E-state index in [9.17, 15) is 9.59 Å². The van der Waals surface area contributed by atoms with Gasteiger partial charge in [-0.15, -0.1) is 0 Å². The van der Waals surface area contributed by atoms with Crippen molar-refractivity contribution in [1.82, 2.24) is 9.80 Å². The Kier molecular flexibility index (Phi) is 4.51. The summed E-state index contributed by atoms with van der Waals surface area (Å²) in [6, 6.07) is 0. The summed E-state index contributed by atoms with van der Waals surface area (Å²) in [6.45, 7) is 3.70. The molecule has 2 heterocycles. The smallest absolute Gasteiger partial charge is 0.223 e. The minimum Gasteiger partial charge on any atom is -0.343 e. The lowest BCUT2D eigenvalue weighted by Gasteiger charge is -2.31. The van der Waals surface area contributed by atoms with Gasteiger partial charge in [0.05, 0.1) is 0 Å². The second-order valence-electron chi connectivity index (χ2n) is 7.24. The lowest BCUT2D eigenvalue weighted by molar-refractivity contribution is -0.136. The van der Waals surface area contributed by atoms with Gasteiger partial charge in [-0.25, -0.2) is 0 Å². The molecular formula is C17H28N2O2. The van der Waals surface area contributed by atoms with Gasteiger partial charge in [-0.3, -0.25) is 9.59 Å². The third-order valence-corrected chi connectivity index (χ3v) is 5.63. The second kappa shape index (κ2) is 6.37. The van der Waals surface area contributed by atoms with Crippen LogP contribution < -0.4 is 0 Å². The number of rotatable bonds is 4. The van der Waals surface area contributed by atoms with Gasteiger partial charge >= 0.3 is 0 Å². The molecule has 0 bridgehead atoms. The van der Waals surface area contributed by atoms with Crippen LogP contribution in [0.3, 0.4) is 0 Å². The summed E-state index contributed by atoms with van der Waals surface area (Å²) in [4.78, 5) is 29.0. The Morgan fingerprint density at radius 3 is 1.43 bits per heavy atom. The molecule has 21 heavy (non-hydrogen) atoms. The van der Waals surface area contributed by atoms with Gasteiger partial charge in [0, 0.05) is 39.0 Å². The summed E-state index contributed by atoms with van der Waals surface area (Å²) in [5, 5.41) is 0. The fourth-order valence-corrected chi connectivity index (χ4v) is 4.34. The Labute approximate surface area is 127 Å². The maximum Gasteiger partial charge on any atom is 0.223 e. The molecule has 1 saturated carbocycles. The maximum absolute atomic E-state index is 12.5. The van der Waals surface area contributed by atoms with Crippen LogP contribution in [-0.4, -0.2) is 47.8 Å². The number of carbonyl (C=O) groups is 2. The molecule has 3 aliphatic rings. The molecule has 0 aromatic rings. The van der Waals surface area contributed by atoms with Crippen LogP contribution in [0.5, 0.6) is 0 Å². The molecule has 0 N–H and O–H groups in total. The highest BCUT2D eigenvalue weighted by Gasteiger charge is 2.40. The third-order valence-electron chi connectivity index (χ3n) is 5.63. The number of nitrogens with zero attached hydrogens (tertiary/aromatic N) is 2. The van der Waals surface area contributed by atoms with E-state index in [0.717, 1.165) is 64.7 Å². The van der Waals surface area contributed by atoms with Crippen molar-refractivity contribution in [2.75, 3.05) is 26.2 Å². The van der Waals surface area contributed by atoms with E-state index in [4.69, 9.17) is 0 Å². The molecule has 0 aromatic carbocycles. The van der Waals surface area contributed by atoms with Gasteiger partial charge in [0.1, 0.15) is 0 Å². The van der Waals surface area contributed by atoms with Crippen molar-refractivity contribution in [3.8, 4) is 0 Å². The molecule has 118 valence electrons. The summed E-state index contributed by atoms with van der Waals surface area (Å²) in [5.74, 6) is 0.590. The Bertz CT molecular complexity index is 358. The lowest BCUT2D eigenvalue weighted by atomic mass is 9.78. The van der Waals surface area contributed by atoms with E-state index in [-0.39, 0.29) is 5.41 Å². The minimum atomic E-state index is -0.0284. The molecule has 2 saturated heterocycles. The van der Waals surface area contributed by atoms with Gasteiger partial charge in [0.15, 0.2) is 0 Å². The molecule has 1 aliphatic carbocycles. The Morgan fingerprint density at radius 2 is 1.05 bits per heavy atom. The molecule has 0 atom stereocenters. The topological polar surface area (TPSA) is 40.6 Å². The van der Waals surface area contributed by atoms with Gasteiger partial charge in [-0.2, -0.15) is 0 Å².